The number of hydrogen-bond donors (Lipinski definition) is 2. The molecule has 2 amide bonds. The summed E-state index contributed by atoms with van der Waals surface area (Å²) in [5, 5.41) is 5.73. The number of carbonyl (C=O) groups is 2. The predicted octanol–water partition coefficient (Wildman–Crippen LogP) is 4.93. The minimum Gasteiger partial charge on any atom is -0.490 e. The molecule has 0 fully saturated rings. The monoisotopic (exact) mass is 432 g/mol. The van der Waals surface area contributed by atoms with Gasteiger partial charge in [-0.25, -0.2) is 0 Å². The van der Waals surface area contributed by atoms with E-state index in [-0.39, 0.29) is 11.8 Å². The van der Waals surface area contributed by atoms with Gasteiger partial charge in [0.05, 0.1) is 5.56 Å². The van der Waals surface area contributed by atoms with Crippen LogP contribution in [0.15, 0.2) is 78.9 Å². The number of nitrogens with one attached hydrogen (secondary N) is 2. The maximum Gasteiger partial charge on any atom is 0.259 e. The predicted molar refractivity (Wildman–Crippen MR) is 126 cm³/mol. The van der Waals surface area contributed by atoms with Crippen molar-refractivity contribution in [2.24, 2.45) is 0 Å². The summed E-state index contributed by atoms with van der Waals surface area (Å²) in [6.45, 7) is 3.35. The second-order valence-corrected chi connectivity index (χ2v) is 7.15. The van der Waals surface area contributed by atoms with E-state index in [1.54, 1.807) is 42.5 Å². The Morgan fingerprint density at radius 3 is 2.38 bits per heavy atom. The Hall–Kier alpha value is -3.80. The fourth-order valence-corrected chi connectivity index (χ4v) is 3.03. The largest absolute Gasteiger partial charge is 0.490 e. The van der Waals surface area contributed by atoms with Crippen molar-refractivity contribution in [3.05, 3.63) is 90.0 Å². The van der Waals surface area contributed by atoms with E-state index in [0.29, 0.717) is 42.3 Å². The van der Waals surface area contributed by atoms with Gasteiger partial charge in [0.1, 0.15) is 24.7 Å². The van der Waals surface area contributed by atoms with Gasteiger partial charge in [-0.1, -0.05) is 49.7 Å². The van der Waals surface area contributed by atoms with Crippen molar-refractivity contribution in [1.29, 1.82) is 0 Å². The zero-order valence-corrected chi connectivity index (χ0v) is 18.2. The zero-order valence-electron chi connectivity index (χ0n) is 18.2. The van der Waals surface area contributed by atoms with E-state index < -0.39 is 0 Å². The van der Waals surface area contributed by atoms with Crippen LogP contribution in [0, 0.1) is 0 Å². The number of amides is 2. The fraction of sp³-hybridized carbons (Fsp3) is 0.231. The van der Waals surface area contributed by atoms with Crippen molar-refractivity contribution in [2.75, 3.05) is 25.1 Å². The molecule has 0 saturated carbocycles. The quantitative estimate of drug-likeness (QED) is 0.422. The zero-order chi connectivity index (χ0) is 22.6. The van der Waals surface area contributed by atoms with Gasteiger partial charge in [-0.2, -0.15) is 0 Å². The molecule has 0 saturated heterocycles. The average molecular weight is 433 g/mol. The van der Waals surface area contributed by atoms with Gasteiger partial charge in [0.15, 0.2) is 0 Å². The molecule has 2 N–H and O–H groups in total. The van der Waals surface area contributed by atoms with Crippen molar-refractivity contribution in [3.8, 4) is 11.5 Å². The lowest BCUT2D eigenvalue weighted by molar-refractivity contribution is 0.0951. The number of rotatable bonds is 11. The highest BCUT2D eigenvalue weighted by molar-refractivity contribution is 6.06. The lowest BCUT2D eigenvalue weighted by Crippen LogP contribution is -2.24. The lowest BCUT2D eigenvalue weighted by atomic mass is 10.1. The Balaban J connectivity index is 1.58. The van der Waals surface area contributed by atoms with Crippen LogP contribution in [0.4, 0.5) is 5.69 Å². The smallest absolute Gasteiger partial charge is 0.259 e. The van der Waals surface area contributed by atoms with E-state index in [4.69, 9.17) is 9.47 Å². The van der Waals surface area contributed by atoms with Crippen LogP contribution in [0.5, 0.6) is 11.5 Å². The molecule has 6 nitrogen and oxygen atoms in total. The molecule has 0 radical (unpaired) electrons. The number of carbonyl (C=O) groups excluding carboxylic acids is 2. The summed E-state index contributed by atoms with van der Waals surface area (Å²) in [7, 11) is 0. The van der Waals surface area contributed by atoms with Crippen LogP contribution >= 0.6 is 0 Å². The number of anilines is 1. The SMILES string of the molecule is CCCCNC(=O)c1cccc(NC(=O)c2ccccc2OCCOc2ccccc2)c1. The Morgan fingerprint density at radius 2 is 1.56 bits per heavy atom. The van der Waals surface area contributed by atoms with E-state index in [9.17, 15) is 9.59 Å². The van der Waals surface area contributed by atoms with Crippen molar-refractivity contribution in [2.45, 2.75) is 19.8 Å². The molecule has 32 heavy (non-hydrogen) atoms. The minimum absolute atomic E-state index is 0.156. The molecule has 0 aliphatic heterocycles. The van der Waals surface area contributed by atoms with E-state index in [1.807, 2.05) is 36.4 Å². The topological polar surface area (TPSA) is 76.7 Å². The van der Waals surface area contributed by atoms with Crippen molar-refractivity contribution in [1.82, 2.24) is 5.32 Å². The molecular weight excluding hydrogens is 404 g/mol. The number of hydrogen-bond acceptors (Lipinski definition) is 4. The first kappa shape index (κ1) is 22.9. The first-order valence-corrected chi connectivity index (χ1v) is 10.8. The fourth-order valence-electron chi connectivity index (χ4n) is 3.03. The van der Waals surface area contributed by atoms with Crippen molar-refractivity contribution >= 4 is 17.5 Å². The van der Waals surface area contributed by atoms with E-state index in [0.717, 1.165) is 18.6 Å². The van der Waals surface area contributed by atoms with Crippen LogP contribution in [0.1, 0.15) is 40.5 Å². The summed E-state index contributed by atoms with van der Waals surface area (Å²) in [5.41, 5.74) is 1.45. The molecular formula is C26H28N2O4. The van der Waals surface area contributed by atoms with Gasteiger partial charge >= 0.3 is 0 Å². The van der Waals surface area contributed by atoms with Gasteiger partial charge in [0.2, 0.25) is 0 Å². The number of unbranched alkanes of at least 4 members (excludes halogenated alkanes) is 1. The van der Waals surface area contributed by atoms with Crippen LogP contribution in [0.25, 0.3) is 0 Å². The van der Waals surface area contributed by atoms with Crippen LogP contribution in [-0.2, 0) is 0 Å². The Morgan fingerprint density at radius 1 is 0.812 bits per heavy atom. The molecule has 0 aliphatic carbocycles. The van der Waals surface area contributed by atoms with E-state index in [1.165, 1.54) is 0 Å². The summed E-state index contributed by atoms with van der Waals surface area (Å²) in [4.78, 5) is 25.1. The standard InChI is InChI=1S/C26H28N2O4/c1-2-3-16-27-25(29)20-10-9-11-21(19-20)28-26(30)23-14-7-8-15-24(23)32-18-17-31-22-12-5-4-6-13-22/h4-15,19H,2-3,16-18H2,1H3,(H,27,29)(H,28,30). The number of para-hydroxylation sites is 2. The first-order chi connectivity index (χ1) is 15.7. The normalized spacial score (nSPS) is 10.3. The maximum absolute atomic E-state index is 12.9. The molecule has 0 atom stereocenters. The third-order valence-electron chi connectivity index (χ3n) is 4.68. The Labute approximate surface area is 188 Å². The molecule has 0 aliphatic rings. The Kier molecular flexibility index (Phi) is 8.69. The van der Waals surface area contributed by atoms with Gasteiger partial charge in [0.25, 0.3) is 11.8 Å². The van der Waals surface area contributed by atoms with Crippen molar-refractivity contribution < 1.29 is 19.1 Å². The summed E-state index contributed by atoms with van der Waals surface area (Å²) < 4.78 is 11.4. The highest BCUT2D eigenvalue weighted by Gasteiger charge is 2.13. The molecule has 3 rings (SSSR count). The number of benzene rings is 3. The summed E-state index contributed by atoms with van der Waals surface area (Å²) in [6.07, 6.45) is 1.94. The molecule has 166 valence electrons. The molecule has 6 heteroatoms. The third-order valence-corrected chi connectivity index (χ3v) is 4.68. The second kappa shape index (κ2) is 12.2. The molecule has 0 unspecified atom stereocenters. The van der Waals surface area contributed by atoms with Crippen LogP contribution < -0.4 is 20.1 Å². The van der Waals surface area contributed by atoms with E-state index >= 15 is 0 Å². The van der Waals surface area contributed by atoms with Gasteiger partial charge in [-0.3, -0.25) is 9.59 Å². The van der Waals surface area contributed by atoms with Crippen molar-refractivity contribution in [3.63, 3.8) is 0 Å². The molecule has 0 aromatic heterocycles. The summed E-state index contributed by atoms with van der Waals surface area (Å²) in [6, 6.07) is 23.4. The summed E-state index contributed by atoms with van der Waals surface area (Å²) in [5.74, 6) is 0.765. The minimum atomic E-state index is -0.312. The molecule has 3 aromatic rings. The van der Waals surface area contributed by atoms with Gasteiger partial charge in [-0.15, -0.1) is 0 Å². The van der Waals surface area contributed by atoms with Crippen LogP contribution in [0.3, 0.4) is 0 Å². The number of ether oxygens (including phenoxy) is 2. The van der Waals surface area contributed by atoms with Gasteiger partial charge in [0, 0.05) is 17.8 Å². The highest BCUT2D eigenvalue weighted by Crippen LogP contribution is 2.20. The molecule has 3 aromatic carbocycles. The molecule has 0 bridgehead atoms. The first-order valence-electron chi connectivity index (χ1n) is 10.8. The van der Waals surface area contributed by atoms with Gasteiger partial charge < -0.3 is 20.1 Å². The molecule has 0 heterocycles. The maximum atomic E-state index is 12.9. The third kappa shape index (κ3) is 6.87. The van der Waals surface area contributed by atoms with Crippen LogP contribution in [0.2, 0.25) is 0 Å². The van der Waals surface area contributed by atoms with Crippen LogP contribution in [-0.4, -0.2) is 31.6 Å². The second-order valence-electron chi connectivity index (χ2n) is 7.15. The lowest BCUT2D eigenvalue weighted by Gasteiger charge is -2.13. The Bertz CT molecular complexity index is 1020. The van der Waals surface area contributed by atoms with Gasteiger partial charge in [-0.05, 0) is 48.9 Å². The highest BCUT2D eigenvalue weighted by atomic mass is 16.5. The average Bonchev–Trinajstić information content (AvgIpc) is 2.83. The van der Waals surface area contributed by atoms with E-state index in [2.05, 4.69) is 17.6 Å². The summed E-state index contributed by atoms with van der Waals surface area (Å²) >= 11 is 0. The molecule has 0 spiro atoms.